The van der Waals surface area contributed by atoms with Gasteiger partial charge in [-0.05, 0) is 29.8 Å². The maximum atomic E-state index is 12.4. The number of para-hydroxylation sites is 1. The van der Waals surface area contributed by atoms with Crippen LogP contribution < -0.4 is 5.43 Å². The highest BCUT2D eigenvalue weighted by Crippen LogP contribution is 2.19. The van der Waals surface area contributed by atoms with Crippen molar-refractivity contribution >= 4 is 21.9 Å². The van der Waals surface area contributed by atoms with Crippen LogP contribution in [0, 0.1) is 0 Å². The molecule has 0 amide bonds. The van der Waals surface area contributed by atoms with Gasteiger partial charge in [0.05, 0.1) is 17.1 Å². The fraction of sp³-hybridized carbons (Fsp3) is 0.0588. The first kappa shape index (κ1) is 11.9. The number of nitrogens with zero attached hydrogens (tertiary/aromatic N) is 2. The molecule has 4 heteroatoms. The molecule has 0 aliphatic carbocycles. The average Bonchev–Trinajstić information content (AvgIpc) is 3.00. The normalized spacial score (nSPS) is 11.2. The molecule has 0 aliphatic heterocycles. The standard InChI is InChI=1S/C17H12N2O2/c20-17-13-3-1-2-4-15(13)21-16-9-12(5-6-14(16)17)10-19-8-7-18-11-19/h1-9,11H,10H2. The number of hydrogen-bond donors (Lipinski definition) is 0. The van der Waals surface area contributed by atoms with Gasteiger partial charge in [0.15, 0.2) is 0 Å². The van der Waals surface area contributed by atoms with Crippen molar-refractivity contribution in [3.63, 3.8) is 0 Å². The predicted octanol–water partition coefficient (Wildman–Crippen LogP) is 3.19. The molecule has 0 bridgehead atoms. The fourth-order valence-corrected chi connectivity index (χ4v) is 2.53. The van der Waals surface area contributed by atoms with Gasteiger partial charge in [-0.2, -0.15) is 0 Å². The maximum absolute atomic E-state index is 12.4. The summed E-state index contributed by atoms with van der Waals surface area (Å²) >= 11 is 0. The summed E-state index contributed by atoms with van der Waals surface area (Å²) in [6, 6.07) is 13.0. The second kappa shape index (κ2) is 4.59. The lowest BCUT2D eigenvalue weighted by molar-refractivity contribution is 0.658. The van der Waals surface area contributed by atoms with E-state index >= 15 is 0 Å². The van der Waals surface area contributed by atoms with E-state index in [1.807, 2.05) is 47.2 Å². The summed E-state index contributed by atoms with van der Waals surface area (Å²) in [4.78, 5) is 16.5. The Bertz CT molecular complexity index is 985. The van der Waals surface area contributed by atoms with Gasteiger partial charge in [0.25, 0.3) is 0 Å². The van der Waals surface area contributed by atoms with Crippen molar-refractivity contribution in [3.8, 4) is 0 Å². The van der Waals surface area contributed by atoms with Crippen molar-refractivity contribution in [2.45, 2.75) is 6.54 Å². The van der Waals surface area contributed by atoms with E-state index in [9.17, 15) is 4.79 Å². The molecule has 0 aliphatic rings. The Morgan fingerprint density at radius 1 is 1.05 bits per heavy atom. The summed E-state index contributed by atoms with van der Waals surface area (Å²) < 4.78 is 7.83. The van der Waals surface area contributed by atoms with Crippen LogP contribution in [0.15, 0.2) is 70.4 Å². The maximum Gasteiger partial charge on any atom is 0.200 e. The van der Waals surface area contributed by atoms with Crippen LogP contribution in [-0.2, 0) is 6.54 Å². The van der Waals surface area contributed by atoms with Gasteiger partial charge in [0.1, 0.15) is 11.2 Å². The van der Waals surface area contributed by atoms with Gasteiger partial charge in [-0.25, -0.2) is 4.98 Å². The Balaban J connectivity index is 1.91. The lowest BCUT2D eigenvalue weighted by Crippen LogP contribution is -2.03. The molecule has 4 aromatic rings. The largest absolute Gasteiger partial charge is 0.456 e. The van der Waals surface area contributed by atoms with Crippen molar-refractivity contribution in [2.24, 2.45) is 0 Å². The number of benzene rings is 2. The second-order valence-electron chi connectivity index (χ2n) is 4.99. The summed E-state index contributed by atoms with van der Waals surface area (Å²) in [5.74, 6) is 0. The van der Waals surface area contributed by atoms with E-state index < -0.39 is 0 Å². The third-order valence-electron chi connectivity index (χ3n) is 3.57. The summed E-state index contributed by atoms with van der Waals surface area (Å²) in [6.07, 6.45) is 5.41. The minimum atomic E-state index is 0.0148. The lowest BCUT2D eigenvalue weighted by Gasteiger charge is -2.05. The highest BCUT2D eigenvalue weighted by molar-refractivity contribution is 5.89. The Morgan fingerprint density at radius 3 is 2.76 bits per heavy atom. The van der Waals surface area contributed by atoms with Crippen LogP contribution >= 0.6 is 0 Å². The molecule has 2 heterocycles. The van der Waals surface area contributed by atoms with Gasteiger partial charge in [0, 0.05) is 18.9 Å². The monoisotopic (exact) mass is 276 g/mol. The first-order valence-electron chi connectivity index (χ1n) is 6.71. The van der Waals surface area contributed by atoms with Gasteiger partial charge >= 0.3 is 0 Å². The Labute approximate surface area is 120 Å². The van der Waals surface area contributed by atoms with E-state index in [4.69, 9.17) is 4.42 Å². The second-order valence-corrected chi connectivity index (χ2v) is 4.99. The number of aromatic nitrogens is 2. The Kier molecular flexibility index (Phi) is 2.60. The third-order valence-corrected chi connectivity index (χ3v) is 3.57. The highest BCUT2D eigenvalue weighted by Gasteiger charge is 2.07. The third kappa shape index (κ3) is 2.01. The molecule has 0 saturated carbocycles. The number of rotatable bonds is 2. The zero-order valence-electron chi connectivity index (χ0n) is 11.2. The Hall–Kier alpha value is -2.88. The van der Waals surface area contributed by atoms with Crippen LogP contribution in [0.4, 0.5) is 0 Å². The molecule has 0 spiro atoms. The first-order chi connectivity index (χ1) is 10.3. The SMILES string of the molecule is O=c1c2ccccc2oc2cc(Cn3ccnc3)ccc12. The van der Waals surface area contributed by atoms with Crippen molar-refractivity contribution in [2.75, 3.05) is 0 Å². The summed E-state index contributed by atoms with van der Waals surface area (Å²) in [7, 11) is 0. The molecule has 4 nitrogen and oxygen atoms in total. The highest BCUT2D eigenvalue weighted by atomic mass is 16.3. The summed E-state index contributed by atoms with van der Waals surface area (Å²) in [5.41, 5.74) is 2.33. The predicted molar refractivity (Wildman–Crippen MR) is 81.3 cm³/mol. The number of fused-ring (bicyclic) bond motifs is 2. The van der Waals surface area contributed by atoms with Crippen molar-refractivity contribution in [3.05, 3.63) is 77.0 Å². The molecule has 0 unspecified atom stereocenters. The fourth-order valence-electron chi connectivity index (χ4n) is 2.53. The van der Waals surface area contributed by atoms with Gasteiger partial charge in [0.2, 0.25) is 5.43 Å². The van der Waals surface area contributed by atoms with Crippen molar-refractivity contribution in [1.82, 2.24) is 9.55 Å². The molecule has 2 aromatic carbocycles. The number of hydrogen-bond acceptors (Lipinski definition) is 3. The molecule has 102 valence electrons. The minimum Gasteiger partial charge on any atom is -0.456 e. The lowest BCUT2D eigenvalue weighted by atomic mass is 10.1. The van der Waals surface area contributed by atoms with Crippen LogP contribution in [-0.4, -0.2) is 9.55 Å². The van der Waals surface area contributed by atoms with E-state index in [1.165, 1.54) is 0 Å². The van der Waals surface area contributed by atoms with E-state index in [2.05, 4.69) is 4.98 Å². The van der Waals surface area contributed by atoms with Gasteiger partial charge in [-0.15, -0.1) is 0 Å². The van der Waals surface area contributed by atoms with Crippen molar-refractivity contribution in [1.29, 1.82) is 0 Å². The topological polar surface area (TPSA) is 48.0 Å². The van der Waals surface area contributed by atoms with Crippen molar-refractivity contribution < 1.29 is 4.42 Å². The van der Waals surface area contributed by atoms with Crippen LogP contribution in [0.5, 0.6) is 0 Å². The van der Waals surface area contributed by atoms with Crippen LogP contribution in [0.2, 0.25) is 0 Å². The summed E-state index contributed by atoms with van der Waals surface area (Å²) in [5, 5.41) is 1.23. The first-order valence-corrected chi connectivity index (χ1v) is 6.71. The smallest absolute Gasteiger partial charge is 0.200 e. The van der Waals surface area contributed by atoms with E-state index in [-0.39, 0.29) is 5.43 Å². The van der Waals surface area contributed by atoms with E-state index in [1.54, 1.807) is 18.6 Å². The molecule has 0 saturated heterocycles. The molecular formula is C17H12N2O2. The molecule has 2 aromatic heterocycles. The van der Waals surface area contributed by atoms with Gasteiger partial charge in [-0.1, -0.05) is 18.2 Å². The minimum absolute atomic E-state index is 0.0148. The zero-order chi connectivity index (χ0) is 14.2. The van der Waals surface area contributed by atoms with Crippen LogP contribution in [0.3, 0.4) is 0 Å². The van der Waals surface area contributed by atoms with Gasteiger partial charge in [-0.3, -0.25) is 4.79 Å². The van der Waals surface area contributed by atoms with Gasteiger partial charge < -0.3 is 8.98 Å². The molecule has 0 N–H and O–H groups in total. The molecule has 21 heavy (non-hydrogen) atoms. The Morgan fingerprint density at radius 2 is 1.90 bits per heavy atom. The quantitative estimate of drug-likeness (QED) is 0.528. The van der Waals surface area contributed by atoms with E-state index in [0.717, 1.165) is 5.56 Å². The van der Waals surface area contributed by atoms with Crippen LogP contribution in [0.1, 0.15) is 5.56 Å². The molecule has 4 rings (SSSR count). The molecule has 0 radical (unpaired) electrons. The zero-order valence-corrected chi connectivity index (χ0v) is 11.2. The number of imidazole rings is 1. The molecule has 0 fully saturated rings. The molecular weight excluding hydrogens is 264 g/mol. The summed E-state index contributed by atoms with van der Waals surface area (Å²) in [6.45, 7) is 0.701. The molecule has 0 atom stereocenters. The van der Waals surface area contributed by atoms with E-state index in [0.29, 0.717) is 28.5 Å². The van der Waals surface area contributed by atoms with Crippen LogP contribution in [0.25, 0.3) is 21.9 Å². The average molecular weight is 276 g/mol.